The number of aromatic nitrogens is 2. The number of benzene rings is 1. The average molecular weight is 422 g/mol. The molecular weight excluding hydrogens is 397 g/mol. The molecule has 1 aliphatic rings. The summed E-state index contributed by atoms with van der Waals surface area (Å²) in [4.78, 5) is 28.7. The van der Waals surface area contributed by atoms with Crippen molar-refractivity contribution in [3.63, 3.8) is 0 Å². The molecule has 3 rings (SSSR count). The highest BCUT2D eigenvalue weighted by Gasteiger charge is 2.32. The Labute approximate surface area is 174 Å². The van der Waals surface area contributed by atoms with Gasteiger partial charge in [-0.2, -0.15) is 5.10 Å². The van der Waals surface area contributed by atoms with Gasteiger partial charge in [-0.05, 0) is 29.7 Å². The van der Waals surface area contributed by atoms with Gasteiger partial charge in [-0.3, -0.25) is 19.2 Å². The zero-order valence-electron chi connectivity index (χ0n) is 16.6. The van der Waals surface area contributed by atoms with E-state index < -0.39 is 11.9 Å². The van der Waals surface area contributed by atoms with Crippen LogP contribution in [0.1, 0.15) is 17.5 Å². The fraction of sp³-hybridized carbons (Fsp3) is 0.450. The molecule has 9 heteroatoms. The molecule has 1 fully saturated rings. The Morgan fingerprint density at radius 2 is 2.21 bits per heavy atom. The summed E-state index contributed by atoms with van der Waals surface area (Å²) >= 11 is 5.75. The van der Waals surface area contributed by atoms with Crippen LogP contribution in [0.5, 0.6) is 0 Å². The molecule has 1 aliphatic heterocycles. The predicted octanol–water partition coefficient (Wildman–Crippen LogP) is 1.60. The van der Waals surface area contributed by atoms with E-state index in [9.17, 15) is 14.0 Å². The summed E-state index contributed by atoms with van der Waals surface area (Å²) in [6, 6.07) is 4.02. The van der Waals surface area contributed by atoms with Crippen LogP contribution in [-0.2, 0) is 29.6 Å². The molecule has 0 saturated carbocycles. The maximum Gasteiger partial charge on any atom is 0.237 e. The molecule has 0 radical (unpaired) electrons. The number of carbonyl (C=O) groups is 2. The number of likely N-dealkylation sites (N-methyl/N-ethyl adjacent to an activating group) is 1. The number of nitrogens with zero attached hydrogens (tertiary/aromatic N) is 4. The first-order valence-corrected chi connectivity index (χ1v) is 9.88. The summed E-state index contributed by atoms with van der Waals surface area (Å²) in [7, 11) is 3.58. The predicted molar refractivity (Wildman–Crippen MR) is 108 cm³/mol. The minimum absolute atomic E-state index is 0.0621. The Kier molecular flexibility index (Phi) is 6.87. The molecule has 0 spiro atoms. The van der Waals surface area contributed by atoms with E-state index >= 15 is 0 Å². The lowest BCUT2D eigenvalue weighted by Gasteiger charge is -2.35. The number of aryl methyl sites for hydroxylation is 1. The second-order valence-electron chi connectivity index (χ2n) is 7.32. The quantitative estimate of drug-likeness (QED) is 0.737. The van der Waals surface area contributed by atoms with Crippen molar-refractivity contribution in [2.45, 2.75) is 25.4 Å². The SMILES string of the molecule is CN(CCc1cnn(C)c1)C(=O)CC1C(=O)NCCN1Cc1ccc(Cl)c(F)c1. The lowest BCUT2D eigenvalue weighted by atomic mass is 10.1. The molecule has 0 aliphatic carbocycles. The molecule has 156 valence electrons. The summed E-state index contributed by atoms with van der Waals surface area (Å²) in [5.74, 6) is -0.781. The van der Waals surface area contributed by atoms with E-state index in [4.69, 9.17) is 11.6 Å². The van der Waals surface area contributed by atoms with Crippen molar-refractivity contribution in [2.24, 2.45) is 7.05 Å². The maximum absolute atomic E-state index is 13.8. The average Bonchev–Trinajstić information content (AvgIpc) is 3.10. The van der Waals surface area contributed by atoms with Gasteiger partial charge < -0.3 is 10.2 Å². The van der Waals surface area contributed by atoms with Gasteiger partial charge in [0, 0.05) is 46.5 Å². The molecule has 1 saturated heterocycles. The molecule has 7 nitrogen and oxygen atoms in total. The number of halogens is 2. The van der Waals surface area contributed by atoms with Crippen LogP contribution in [-0.4, -0.2) is 64.1 Å². The second-order valence-corrected chi connectivity index (χ2v) is 7.72. The monoisotopic (exact) mass is 421 g/mol. The van der Waals surface area contributed by atoms with Crippen LogP contribution in [0.2, 0.25) is 5.02 Å². The highest BCUT2D eigenvalue weighted by Crippen LogP contribution is 2.19. The normalized spacial score (nSPS) is 17.2. The number of hydrogen-bond acceptors (Lipinski definition) is 4. The standard InChI is InChI=1S/C20H25ClFN5O2/c1-25(7-5-15-11-24-26(2)12-15)19(28)10-18-20(29)23-6-8-27(18)13-14-3-4-16(21)17(22)9-14/h3-4,9,11-12,18H,5-8,10,13H2,1-2H3,(H,23,29). The molecule has 2 heterocycles. The topological polar surface area (TPSA) is 70.5 Å². The van der Waals surface area contributed by atoms with Gasteiger partial charge in [0.1, 0.15) is 5.82 Å². The largest absolute Gasteiger partial charge is 0.353 e. The Balaban J connectivity index is 1.61. The third-order valence-corrected chi connectivity index (χ3v) is 5.41. The van der Waals surface area contributed by atoms with E-state index in [1.807, 2.05) is 18.1 Å². The smallest absolute Gasteiger partial charge is 0.237 e. The Morgan fingerprint density at radius 1 is 1.41 bits per heavy atom. The minimum Gasteiger partial charge on any atom is -0.353 e. The zero-order chi connectivity index (χ0) is 21.0. The summed E-state index contributed by atoms with van der Waals surface area (Å²) in [5, 5.41) is 7.00. The third-order valence-electron chi connectivity index (χ3n) is 5.10. The number of rotatable bonds is 7. The first kappa shape index (κ1) is 21.3. The van der Waals surface area contributed by atoms with Crippen LogP contribution in [0.25, 0.3) is 0 Å². The molecule has 1 aromatic heterocycles. The Hall–Kier alpha value is -2.45. The Bertz CT molecular complexity index is 888. The first-order valence-electron chi connectivity index (χ1n) is 9.50. The van der Waals surface area contributed by atoms with Gasteiger partial charge in [0.25, 0.3) is 0 Å². The fourth-order valence-electron chi connectivity index (χ4n) is 3.39. The molecule has 2 amide bonds. The summed E-state index contributed by atoms with van der Waals surface area (Å²) < 4.78 is 15.5. The summed E-state index contributed by atoms with van der Waals surface area (Å²) in [6.07, 6.45) is 4.46. The number of hydrogen-bond donors (Lipinski definition) is 1. The molecule has 0 bridgehead atoms. The van der Waals surface area contributed by atoms with E-state index in [0.29, 0.717) is 38.2 Å². The zero-order valence-corrected chi connectivity index (χ0v) is 17.3. The highest BCUT2D eigenvalue weighted by molar-refractivity contribution is 6.30. The van der Waals surface area contributed by atoms with Crippen LogP contribution >= 0.6 is 11.6 Å². The highest BCUT2D eigenvalue weighted by atomic mass is 35.5. The van der Waals surface area contributed by atoms with Gasteiger partial charge >= 0.3 is 0 Å². The molecule has 2 aromatic rings. The van der Waals surface area contributed by atoms with Gasteiger partial charge in [0.05, 0.1) is 23.7 Å². The van der Waals surface area contributed by atoms with Crippen LogP contribution in [0.3, 0.4) is 0 Å². The summed E-state index contributed by atoms with van der Waals surface area (Å²) in [5.41, 5.74) is 1.76. The van der Waals surface area contributed by atoms with Crippen LogP contribution < -0.4 is 5.32 Å². The fourth-order valence-corrected chi connectivity index (χ4v) is 3.51. The van der Waals surface area contributed by atoms with E-state index in [-0.39, 0.29) is 23.3 Å². The molecule has 29 heavy (non-hydrogen) atoms. The number of amides is 2. The molecule has 1 N–H and O–H groups in total. The van der Waals surface area contributed by atoms with Crippen molar-refractivity contribution in [2.75, 3.05) is 26.7 Å². The molecule has 1 aromatic carbocycles. The van der Waals surface area contributed by atoms with Crippen molar-refractivity contribution >= 4 is 23.4 Å². The van der Waals surface area contributed by atoms with Gasteiger partial charge in [-0.15, -0.1) is 0 Å². The number of piperazine rings is 1. The first-order chi connectivity index (χ1) is 13.8. The third kappa shape index (κ3) is 5.55. The lowest BCUT2D eigenvalue weighted by molar-refractivity contribution is -0.138. The van der Waals surface area contributed by atoms with Gasteiger partial charge in [0.2, 0.25) is 11.8 Å². The lowest BCUT2D eigenvalue weighted by Crippen LogP contribution is -2.56. The van der Waals surface area contributed by atoms with Crippen molar-refractivity contribution < 1.29 is 14.0 Å². The van der Waals surface area contributed by atoms with E-state index in [1.165, 1.54) is 12.1 Å². The van der Waals surface area contributed by atoms with Gasteiger partial charge in [0.15, 0.2) is 0 Å². The number of nitrogens with one attached hydrogen (secondary N) is 1. The van der Waals surface area contributed by atoms with Crippen molar-refractivity contribution in [3.05, 3.63) is 52.6 Å². The van der Waals surface area contributed by atoms with E-state index in [0.717, 1.165) is 5.56 Å². The Morgan fingerprint density at radius 3 is 2.90 bits per heavy atom. The molecule has 1 atom stereocenters. The van der Waals surface area contributed by atoms with Crippen LogP contribution in [0.4, 0.5) is 4.39 Å². The second kappa shape index (κ2) is 9.37. The molecular formula is C20H25ClFN5O2. The molecule has 1 unspecified atom stereocenters. The number of carbonyl (C=O) groups excluding carboxylic acids is 2. The van der Waals surface area contributed by atoms with Crippen LogP contribution in [0.15, 0.2) is 30.6 Å². The van der Waals surface area contributed by atoms with E-state index in [1.54, 1.807) is 28.9 Å². The van der Waals surface area contributed by atoms with Crippen molar-refractivity contribution in [1.29, 1.82) is 0 Å². The minimum atomic E-state index is -0.587. The summed E-state index contributed by atoms with van der Waals surface area (Å²) in [6.45, 7) is 2.00. The van der Waals surface area contributed by atoms with E-state index in [2.05, 4.69) is 10.4 Å². The van der Waals surface area contributed by atoms with Crippen molar-refractivity contribution in [1.82, 2.24) is 24.9 Å². The van der Waals surface area contributed by atoms with Crippen LogP contribution in [0, 0.1) is 5.82 Å². The maximum atomic E-state index is 13.8. The van der Waals surface area contributed by atoms with Gasteiger partial charge in [-0.1, -0.05) is 17.7 Å². The van der Waals surface area contributed by atoms with Gasteiger partial charge in [-0.25, -0.2) is 4.39 Å². The van der Waals surface area contributed by atoms with Crippen molar-refractivity contribution in [3.8, 4) is 0 Å².